The number of aromatic hydroxyl groups is 1. The highest BCUT2D eigenvalue weighted by Crippen LogP contribution is 2.48. The molecule has 3 aromatic carbocycles. The number of piperazine rings is 1. The number of piperidine rings is 3. The van der Waals surface area contributed by atoms with E-state index in [9.17, 15) is 24.3 Å². The Bertz CT molecular complexity index is 2440. The average Bonchev–Trinajstić information content (AvgIpc) is 3.62. The smallest absolute Gasteiger partial charge is 0.255 e. The molecule has 4 fully saturated rings. The van der Waals surface area contributed by atoms with E-state index in [0.717, 1.165) is 101 Å². The lowest BCUT2D eigenvalue weighted by Gasteiger charge is -2.48. The third-order valence-electron chi connectivity index (χ3n) is 15.5. The number of pyridine rings is 1. The standard InChI is InChI=1S/C50H55N7O6/c58-37-8-10-39-33(24-37)6-9-38(32-4-2-1-3-5-32)47(39)34-7-12-44(51-27-34)54-18-14-50(15-19-54)16-20-55(21-17-50)46(60)30-53-22-23-56-36(29-53)31-63-43-26-40-35(25-42(43)56)28-57(49(40)62)41-11-13-45(59)52-48(41)61/h1-5,7-8,10,12,24-27,36,38,41,47,58H,6,9,11,13-23,28-31H2,(H,52,59,61)/t36-,38+,41?,47-/m0/s1. The van der Waals surface area contributed by atoms with Crippen LogP contribution >= 0.6 is 0 Å². The molecule has 7 aliphatic rings. The first-order valence-corrected chi connectivity index (χ1v) is 23.0. The summed E-state index contributed by atoms with van der Waals surface area (Å²) < 4.78 is 6.24. The van der Waals surface area contributed by atoms with E-state index in [1.54, 1.807) is 4.90 Å². The molecule has 4 saturated heterocycles. The van der Waals surface area contributed by atoms with Gasteiger partial charge in [0.05, 0.1) is 18.3 Å². The minimum absolute atomic E-state index is 0.0894. The van der Waals surface area contributed by atoms with Crippen molar-refractivity contribution in [2.45, 2.75) is 81.8 Å². The number of fused-ring (bicyclic) bond motifs is 5. The van der Waals surface area contributed by atoms with Crippen molar-refractivity contribution in [3.8, 4) is 11.5 Å². The van der Waals surface area contributed by atoms with E-state index < -0.39 is 11.9 Å². The zero-order valence-corrected chi connectivity index (χ0v) is 35.7. The van der Waals surface area contributed by atoms with E-state index >= 15 is 0 Å². The van der Waals surface area contributed by atoms with Crippen LogP contribution in [0.2, 0.25) is 0 Å². The minimum atomic E-state index is -0.653. The van der Waals surface area contributed by atoms with Crippen LogP contribution in [0, 0.1) is 5.41 Å². The van der Waals surface area contributed by atoms with Crippen molar-refractivity contribution < 1.29 is 29.0 Å². The van der Waals surface area contributed by atoms with E-state index in [0.29, 0.717) is 49.1 Å². The highest BCUT2D eigenvalue weighted by atomic mass is 16.5. The summed E-state index contributed by atoms with van der Waals surface area (Å²) in [7, 11) is 0. The van der Waals surface area contributed by atoms with Gasteiger partial charge in [-0.3, -0.25) is 29.4 Å². The van der Waals surface area contributed by atoms with E-state index in [-0.39, 0.29) is 41.5 Å². The Morgan fingerprint density at radius 2 is 1.63 bits per heavy atom. The van der Waals surface area contributed by atoms with Crippen LogP contribution < -0.4 is 19.9 Å². The molecule has 0 saturated carbocycles. The van der Waals surface area contributed by atoms with Gasteiger partial charge >= 0.3 is 0 Å². The van der Waals surface area contributed by atoms with Crippen molar-refractivity contribution in [1.29, 1.82) is 0 Å². The molecule has 6 aliphatic heterocycles. The quantitative estimate of drug-likeness (QED) is 0.249. The number of nitrogens with zero attached hydrogens (tertiary/aromatic N) is 6. The Kier molecular flexibility index (Phi) is 10.1. The molecule has 13 nitrogen and oxygen atoms in total. The number of ether oxygens (including phenoxy) is 1. The lowest BCUT2D eigenvalue weighted by Crippen LogP contribution is -2.59. The van der Waals surface area contributed by atoms with Gasteiger partial charge in [0.15, 0.2) is 0 Å². The molecular weight excluding hydrogens is 795 g/mol. The molecule has 1 aliphatic carbocycles. The number of hydrogen-bond acceptors (Lipinski definition) is 10. The molecule has 63 heavy (non-hydrogen) atoms. The summed E-state index contributed by atoms with van der Waals surface area (Å²) in [6, 6.07) is 24.4. The van der Waals surface area contributed by atoms with E-state index in [1.165, 1.54) is 22.3 Å². The molecular formula is C50H55N7O6. The number of carbonyl (C=O) groups excluding carboxylic acids is 4. The first-order chi connectivity index (χ1) is 30.7. The monoisotopic (exact) mass is 849 g/mol. The van der Waals surface area contributed by atoms with Crippen LogP contribution in [0.15, 0.2) is 79.0 Å². The summed E-state index contributed by atoms with van der Waals surface area (Å²) in [5.74, 6) is 1.85. The number of hydrogen-bond donors (Lipinski definition) is 2. The fourth-order valence-electron chi connectivity index (χ4n) is 11.9. The maximum Gasteiger partial charge on any atom is 0.255 e. The minimum Gasteiger partial charge on any atom is -0.508 e. The van der Waals surface area contributed by atoms with Crippen molar-refractivity contribution in [3.63, 3.8) is 0 Å². The molecule has 11 rings (SSSR count). The number of carbonyl (C=O) groups is 4. The number of likely N-dealkylation sites (tertiary alicyclic amines) is 1. The van der Waals surface area contributed by atoms with Gasteiger partial charge in [-0.2, -0.15) is 0 Å². The molecule has 4 atom stereocenters. The number of rotatable bonds is 6. The molecule has 1 unspecified atom stereocenters. The van der Waals surface area contributed by atoms with Crippen LogP contribution in [0.25, 0.3) is 0 Å². The predicted molar refractivity (Wildman–Crippen MR) is 237 cm³/mol. The van der Waals surface area contributed by atoms with Gasteiger partial charge in [0.1, 0.15) is 30.0 Å². The van der Waals surface area contributed by atoms with Crippen molar-refractivity contribution in [2.24, 2.45) is 5.41 Å². The second kappa shape index (κ2) is 16.0. The highest BCUT2D eigenvalue weighted by molar-refractivity contribution is 6.06. The molecule has 4 aromatic rings. The summed E-state index contributed by atoms with van der Waals surface area (Å²) in [4.78, 5) is 67.2. The number of phenols is 1. The number of anilines is 2. The SMILES string of the molecule is O=C1CCC(N2Cc3cc4c(cc3C2=O)OC[C@@H]2CN(CC(=O)N3CCC5(CC3)CCN(c3ccc([C@@H]6c7ccc(O)cc7CC[C@@H]6c6ccccc6)cn3)CC5)CCN42)C(=O)N1. The number of phenolic OH excluding ortho intramolecular Hbond substituents is 1. The van der Waals surface area contributed by atoms with Crippen LogP contribution in [0.5, 0.6) is 11.5 Å². The van der Waals surface area contributed by atoms with Gasteiger partial charge in [0, 0.05) is 76.5 Å². The van der Waals surface area contributed by atoms with Gasteiger partial charge in [-0.25, -0.2) is 4.98 Å². The van der Waals surface area contributed by atoms with Crippen LogP contribution in [-0.2, 0) is 27.3 Å². The number of amides is 4. The zero-order chi connectivity index (χ0) is 42.8. The lowest BCUT2D eigenvalue weighted by molar-refractivity contribution is -0.137. The van der Waals surface area contributed by atoms with Crippen LogP contribution in [0.1, 0.15) is 95.0 Å². The third kappa shape index (κ3) is 7.37. The highest BCUT2D eigenvalue weighted by Gasteiger charge is 2.43. The number of nitrogens with one attached hydrogen (secondary N) is 1. The summed E-state index contributed by atoms with van der Waals surface area (Å²) in [5, 5.41) is 12.6. The lowest BCUT2D eigenvalue weighted by atomic mass is 9.69. The first kappa shape index (κ1) is 39.9. The summed E-state index contributed by atoms with van der Waals surface area (Å²) in [5.41, 5.74) is 7.71. The zero-order valence-electron chi connectivity index (χ0n) is 35.7. The van der Waals surface area contributed by atoms with Crippen molar-refractivity contribution >= 4 is 35.1 Å². The fraction of sp³-hybridized carbons (Fsp3) is 0.460. The van der Waals surface area contributed by atoms with Gasteiger partial charge in [0.25, 0.3) is 5.91 Å². The Morgan fingerprint density at radius 1 is 0.825 bits per heavy atom. The van der Waals surface area contributed by atoms with Crippen molar-refractivity contribution in [2.75, 3.05) is 68.8 Å². The second-order valence-corrected chi connectivity index (χ2v) is 19.0. The molecule has 13 heteroatoms. The van der Waals surface area contributed by atoms with E-state index in [2.05, 4.69) is 79.6 Å². The second-order valence-electron chi connectivity index (χ2n) is 19.0. The summed E-state index contributed by atoms with van der Waals surface area (Å²) in [6.45, 7) is 6.97. The van der Waals surface area contributed by atoms with Crippen molar-refractivity contribution in [1.82, 2.24) is 25.0 Å². The molecule has 0 bridgehead atoms. The number of aryl methyl sites for hydroxylation is 1. The van der Waals surface area contributed by atoms with Gasteiger partial charge < -0.3 is 29.4 Å². The average molecular weight is 850 g/mol. The van der Waals surface area contributed by atoms with E-state index in [1.807, 2.05) is 24.3 Å². The normalized spacial score (nSPS) is 25.5. The van der Waals surface area contributed by atoms with Gasteiger partial charge in [-0.05, 0) is 114 Å². The molecule has 1 aromatic heterocycles. The Hall–Kier alpha value is -5.95. The molecule has 326 valence electrons. The van der Waals surface area contributed by atoms with Crippen molar-refractivity contribution in [3.05, 3.63) is 112 Å². The Balaban J connectivity index is 0.673. The first-order valence-electron chi connectivity index (χ1n) is 23.0. The molecule has 1 spiro atoms. The summed E-state index contributed by atoms with van der Waals surface area (Å²) in [6.07, 6.45) is 8.88. The van der Waals surface area contributed by atoms with E-state index in [4.69, 9.17) is 9.72 Å². The van der Waals surface area contributed by atoms with Gasteiger partial charge in [-0.1, -0.05) is 42.5 Å². The van der Waals surface area contributed by atoms with Gasteiger partial charge in [0.2, 0.25) is 17.7 Å². The molecule has 2 N–H and O–H groups in total. The fourth-order valence-corrected chi connectivity index (χ4v) is 11.9. The number of imide groups is 1. The number of aromatic nitrogens is 1. The van der Waals surface area contributed by atoms with Crippen LogP contribution in [-0.4, -0.2) is 119 Å². The maximum atomic E-state index is 13.7. The van der Waals surface area contributed by atoms with Crippen LogP contribution in [0.3, 0.4) is 0 Å². The van der Waals surface area contributed by atoms with Gasteiger partial charge in [-0.15, -0.1) is 0 Å². The Labute approximate surface area is 368 Å². The molecule has 7 heterocycles. The predicted octanol–water partition coefficient (Wildman–Crippen LogP) is 5.20. The largest absolute Gasteiger partial charge is 0.508 e. The topological polar surface area (TPSA) is 139 Å². The van der Waals surface area contributed by atoms with Crippen LogP contribution in [0.4, 0.5) is 11.5 Å². The third-order valence-corrected chi connectivity index (χ3v) is 15.5. The molecule has 0 radical (unpaired) electrons. The number of benzene rings is 3. The summed E-state index contributed by atoms with van der Waals surface area (Å²) >= 11 is 0. The maximum absolute atomic E-state index is 13.7. The Morgan fingerprint density at radius 3 is 2.41 bits per heavy atom. The molecule has 4 amide bonds.